The van der Waals surface area contributed by atoms with Gasteiger partial charge in [0.1, 0.15) is 0 Å². The predicted octanol–water partition coefficient (Wildman–Crippen LogP) is 25.8. The van der Waals surface area contributed by atoms with Crippen molar-refractivity contribution in [3.8, 4) is 111 Å². The molecule has 0 aliphatic rings. The molecule has 10 nitrogen and oxygen atoms in total. The molecule has 0 bridgehead atoms. The average Bonchev–Trinajstić information content (AvgIpc) is 0.817. The molecule has 0 radical (unpaired) electrons. The van der Waals surface area contributed by atoms with Crippen LogP contribution < -0.4 is 49.0 Å². The van der Waals surface area contributed by atoms with Crippen LogP contribution in [-0.4, -0.2) is 141 Å². The number of hydrogen-bond donors (Lipinski definition) is 0. The Labute approximate surface area is 717 Å². The molecule has 0 spiro atoms. The van der Waals surface area contributed by atoms with Crippen LogP contribution in [-0.2, 0) is 0 Å². The van der Waals surface area contributed by atoms with Crippen LogP contribution in [0.5, 0.6) is 0 Å². The quantitative estimate of drug-likeness (QED) is 0.0736. The summed E-state index contributed by atoms with van der Waals surface area (Å²) in [4.78, 5) is 21.4. The molecule has 0 heterocycles. The van der Waals surface area contributed by atoms with E-state index in [0.717, 1.165) is 0 Å². The average molecular weight is 1580 g/mol. The highest BCUT2D eigenvalue weighted by Crippen LogP contribution is 2.40. The van der Waals surface area contributed by atoms with Crippen molar-refractivity contribution in [1.82, 2.24) is 0 Å². The highest BCUT2D eigenvalue weighted by molar-refractivity contribution is 5.89. The van der Waals surface area contributed by atoms with Gasteiger partial charge in [-0.15, -0.1) is 0 Å². The SMILES string of the molecule is CN(C)c1ccc(-c2ccc(-c3ccccc3N(C)C)cc2)cc1.CN(C)c1ccc(-c2cccc(-c3ccc(N(C)C)cc3)c2)cc1.CN(C)c1ccc(-c2ccccc2-c2ccc(N(C)C)cc2)cc1.CN(C)c1ccccc1-c1ccc(-c2ccccc2N(C)C)cc1.CN(C)c1ccccc1-c1cccc(-c2ccccc2N(C)C)c1. The van der Waals surface area contributed by atoms with Gasteiger partial charge in [0.25, 0.3) is 0 Å². The third-order valence-electron chi connectivity index (χ3n) is 21.4. The number of nitrogens with zero attached hydrogens (tertiary/aromatic N) is 10. The molecule has 0 N–H and O–H groups in total. The number of anilines is 10. The Kier molecular flexibility index (Phi) is 30.1. The van der Waals surface area contributed by atoms with E-state index < -0.39 is 0 Å². The van der Waals surface area contributed by atoms with Crippen molar-refractivity contribution in [2.45, 2.75) is 0 Å². The third-order valence-corrected chi connectivity index (χ3v) is 21.4. The maximum absolute atomic E-state index is 2.28. The molecular weight excluding hydrogens is 1460 g/mol. The Balaban J connectivity index is 0.000000147. The first-order valence-electron chi connectivity index (χ1n) is 41.0. The fourth-order valence-corrected chi connectivity index (χ4v) is 14.7. The molecule has 15 rings (SSSR count). The Bertz CT molecular complexity index is 5430. The highest BCUT2D eigenvalue weighted by atomic mass is 15.1. The lowest BCUT2D eigenvalue weighted by molar-refractivity contribution is 1.13. The molecule has 0 aromatic heterocycles. The van der Waals surface area contributed by atoms with Crippen molar-refractivity contribution in [2.75, 3.05) is 190 Å². The largest absolute Gasteiger partial charge is 0.378 e. The zero-order chi connectivity index (χ0) is 85.5. The number of hydrogen-bond acceptors (Lipinski definition) is 10. The molecule has 0 aliphatic carbocycles. The van der Waals surface area contributed by atoms with Crippen LogP contribution in [0, 0.1) is 0 Å². The van der Waals surface area contributed by atoms with E-state index in [1.165, 1.54) is 168 Å². The lowest BCUT2D eigenvalue weighted by atomic mass is 9.94. The van der Waals surface area contributed by atoms with E-state index in [4.69, 9.17) is 0 Å². The van der Waals surface area contributed by atoms with E-state index in [0.29, 0.717) is 0 Å². The zero-order valence-corrected chi connectivity index (χ0v) is 74.1. The summed E-state index contributed by atoms with van der Waals surface area (Å²) in [6.07, 6.45) is 0. The van der Waals surface area contributed by atoms with Crippen LogP contribution in [0.1, 0.15) is 0 Å². The summed E-state index contributed by atoms with van der Waals surface area (Å²) >= 11 is 0. The smallest absolute Gasteiger partial charge is 0.0440 e. The van der Waals surface area contributed by atoms with Crippen molar-refractivity contribution in [3.05, 3.63) is 364 Å². The predicted molar refractivity (Wildman–Crippen MR) is 530 cm³/mol. The van der Waals surface area contributed by atoms with Crippen molar-refractivity contribution >= 4 is 56.9 Å². The Morgan fingerprint density at radius 2 is 0.258 bits per heavy atom. The summed E-state index contributed by atoms with van der Waals surface area (Å²) in [7, 11) is 41.5. The molecular formula is C110H120N10. The van der Waals surface area contributed by atoms with Gasteiger partial charge < -0.3 is 49.0 Å². The molecule has 0 saturated carbocycles. The van der Waals surface area contributed by atoms with Gasteiger partial charge in [0.15, 0.2) is 0 Å². The minimum Gasteiger partial charge on any atom is -0.378 e. The summed E-state index contributed by atoms with van der Waals surface area (Å²) in [6, 6.07) is 130. The maximum atomic E-state index is 2.28. The fraction of sp³-hybridized carbons (Fsp3) is 0.182. The fourth-order valence-electron chi connectivity index (χ4n) is 14.7. The summed E-state index contributed by atoms with van der Waals surface area (Å²) in [5.41, 5.74) is 37.2. The first-order valence-corrected chi connectivity index (χ1v) is 41.0. The van der Waals surface area contributed by atoms with Gasteiger partial charge in [-0.2, -0.15) is 0 Å². The molecule has 120 heavy (non-hydrogen) atoms. The van der Waals surface area contributed by atoms with Crippen molar-refractivity contribution in [2.24, 2.45) is 0 Å². The zero-order valence-electron chi connectivity index (χ0n) is 74.1. The van der Waals surface area contributed by atoms with Crippen molar-refractivity contribution < 1.29 is 0 Å². The summed E-state index contributed by atoms with van der Waals surface area (Å²) in [5.74, 6) is 0. The van der Waals surface area contributed by atoms with E-state index in [1.807, 2.05) is 0 Å². The molecule has 0 unspecified atom stereocenters. The van der Waals surface area contributed by atoms with Gasteiger partial charge in [0, 0.05) is 226 Å². The molecule has 0 amide bonds. The van der Waals surface area contributed by atoms with E-state index in [1.54, 1.807) is 0 Å². The lowest BCUT2D eigenvalue weighted by Crippen LogP contribution is -2.10. The van der Waals surface area contributed by atoms with Crippen molar-refractivity contribution in [1.29, 1.82) is 0 Å². The van der Waals surface area contributed by atoms with Gasteiger partial charge >= 0.3 is 0 Å². The molecule has 610 valence electrons. The standard InChI is InChI=1S/5C22H24N2/c1-23(2)21-14-7-5-12-19(21)17-10-9-11-18(16-17)20-13-6-8-15-22(20)24(3)4;1-23(2)21-11-7-5-9-19(21)17-13-15-18(16-14-17)20-10-6-8-12-22(20)24(3)4;1-23(2)21-12-8-17(9-13-21)19-6-5-7-20(16-19)18-10-14-22(15-11-18)24(3)4;1-23(2)19-13-9-17(10-14-19)21-7-5-6-8-22(21)18-11-15-20(16-12-18)24(3)4;1-23(2)20-15-13-18(14-16-20)17-9-11-19(12-10-17)21-7-5-6-8-22(21)24(3)4/h5*5-16H,1-4H3. The molecule has 0 fully saturated rings. The number of benzene rings is 15. The van der Waals surface area contributed by atoms with Crippen LogP contribution in [0.2, 0.25) is 0 Å². The van der Waals surface area contributed by atoms with Gasteiger partial charge in [0.05, 0.1) is 0 Å². The Morgan fingerprint density at radius 1 is 0.108 bits per heavy atom. The van der Waals surface area contributed by atoms with Crippen molar-refractivity contribution in [3.63, 3.8) is 0 Å². The van der Waals surface area contributed by atoms with Crippen LogP contribution in [0.25, 0.3) is 111 Å². The normalized spacial score (nSPS) is 10.5. The van der Waals surface area contributed by atoms with Crippen LogP contribution in [0.15, 0.2) is 364 Å². The van der Waals surface area contributed by atoms with Gasteiger partial charge in [-0.1, -0.05) is 261 Å². The van der Waals surface area contributed by atoms with Gasteiger partial charge in [-0.25, -0.2) is 0 Å². The minimum absolute atomic E-state index is 1.21. The first-order chi connectivity index (χ1) is 57.8. The van der Waals surface area contributed by atoms with Crippen LogP contribution in [0.3, 0.4) is 0 Å². The van der Waals surface area contributed by atoms with E-state index in [2.05, 4.69) is 554 Å². The molecule has 15 aromatic rings. The first kappa shape index (κ1) is 87.1. The molecule has 0 saturated heterocycles. The van der Waals surface area contributed by atoms with Crippen LogP contribution in [0.4, 0.5) is 56.9 Å². The second kappa shape index (κ2) is 41.4. The summed E-state index contributed by atoms with van der Waals surface area (Å²) < 4.78 is 0. The summed E-state index contributed by atoms with van der Waals surface area (Å²) in [6.45, 7) is 0. The van der Waals surface area contributed by atoms with E-state index in [9.17, 15) is 0 Å². The number of para-hydroxylation sites is 5. The molecule has 0 atom stereocenters. The Hall–Kier alpha value is -13.7. The third kappa shape index (κ3) is 22.5. The molecule has 0 aliphatic heterocycles. The monoisotopic (exact) mass is 1580 g/mol. The highest BCUT2D eigenvalue weighted by Gasteiger charge is 2.16. The maximum Gasteiger partial charge on any atom is 0.0440 e. The topological polar surface area (TPSA) is 32.4 Å². The summed E-state index contributed by atoms with van der Waals surface area (Å²) in [5, 5.41) is 0. The Morgan fingerprint density at radius 3 is 0.475 bits per heavy atom. The van der Waals surface area contributed by atoms with Gasteiger partial charge in [-0.05, 0) is 187 Å². The lowest BCUT2D eigenvalue weighted by Gasteiger charge is -2.19. The van der Waals surface area contributed by atoms with E-state index in [-0.39, 0.29) is 0 Å². The number of rotatable bonds is 20. The van der Waals surface area contributed by atoms with Gasteiger partial charge in [-0.3, -0.25) is 0 Å². The van der Waals surface area contributed by atoms with E-state index >= 15 is 0 Å². The van der Waals surface area contributed by atoms with Crippen LogP contribution >= 0.6 is 0 Å². The minimum atomic E-state index is 1.21. The second-order valence-electron chi connectivity index (χ2n) is 32.1. The van der Waals surface area contributed by atoms with Gasteiger partial charge in [0.2, 0.25) is 0 Å². The molecule has 15 aromatic carbocycles. The second-order valence-corrected chi connectivity index (χ2v) is 32.1. The molecule has 10 heteroatoms.